The van der Waals surface area contributed by atoms with Crippen LogP contribution in [0.15, 0.2) is 12.2 Å². The van der Waals surface area contributed by atoms with Crippen LogP contribution in [0.25, 0.3) is 0 Å². The van der Waals surface area contributed by atoms with Crippen LogP contribution in [0.1, 0.15) is 52.4 Å². The largest absolute Gasteiger partial charge is 0.414 e. The third-order valence-corrected chi connectivity index (χ3v) is 6.50. The molecule has 0 bridgehead atoms. The Labute approximate surface area is 157 Å². The average Bonchev–Trinajstić information content (AvgIpc) is 2.37. The highest BCUT2D eigenvalue weighted by Gasteiger charge is 2.32. The Morgan fingerprint density at radius 2 is 1.72 bits per heavy atom. The van der Waals surface area contributed by atoms with E-state index in [1.165, 1.54) is 0 Å². The molecule has 0 saturated heterocycles. The lowest BCUT2D eigenvalue weighted by Crippen LogP contribution is -2.39. The zero-order valence-corrected chi connectivity index (χ0v) is 19.8. The van der Waals surface area contributed by atoms with Crippen molar-refractivity contribution < 1.29 is 13.6 Å². The zero-order chi connectivity index (χ0) is 19.3. The Morgan fingerprint density at radius 3 is 2.28 bits per heavy atom. The lowest BCUT2D eigenvalue weighted by molar-refractivity contribution is -0.123. The Kier molecular flexibility index (Phi) is 8.31. The summed E-state index contributed by atoms with van der Waals surface area (Å²) in [6.07, 6.45) is 10.1. The molecule has 146 valence electrons. The van der Waals surface area contributed by atoms with Crippen LogP contribution in [0.4, 0.5) is 0 Å². The molecule has 0 aromatic carbocycles. The van der Waals surface area contributed by atoms with Gasteiger partial charge in [0, 0.05) is 18.9 Å². The van der Waals surface area contributed by atoms with Crippen LogP contribution < -0.4 is 0 Å². The van der Waals surface area contributed by atoms with Crippen molar-refractivity contribution in [2.24, 2.45) is 5.92 Å². The number of allylic oxidation sites excluding steroid dienone is 2. The first-order valence-corrected chi connectivity index (χ1v) is 16.6. The molecule has 0 amide bonds. The predicted octanol–water partition coefficient (Wildman–Crippen LogP) is 5.93. The summed E-state index contributed by atoms with van der Waals surface area (Å²) in [4.78, 5) is 11.9. The third-order valence-electron chi connectivity index (χ3n) is 4.33. The maximum atomic E-state index is 11.9. The molecule has 1 aliphatic rings. The lowest BCUT2D eigenvalue weighted by atomic mass is 9.83. The highest BCUT2D eigenvalue weighted by molar-refractivity contribution is 6.70. The Hall–Kier alpha value is -0.236. The van der Waals surface area contributed by atoms with Crippen LogP contribution in [-0.2, 0) is 13.6 Å². The summed E-state index contributed by atoms with van der Waals surface area (Å²) < 4.78 is 12.6. The van der Waals surface area contributed by atoms with Crippen molar-refractivity contribution in [2.45, 2.75) is 103 Å². The normalized spacial score (nSPS) is 23.4. The Morgan fingerprint density at radius 1 is 1.08 bits per heavy atom. The second kappa shape index (κ2) is 9.11. The number of ketones is 1. The minimum atomic E-state index is -1.56. The van der Waals surface area contributed by atoms with Crippen molar-refractivity contribution in [1.29, 1.82) is 0 Å². The van der Waals surface area contributed by atoms with E-state index in [9.17, 15) is 4.79 Å². The molecule has 1 rings (SSSR count). The van der Waals surface area contributed by atoms with E-state index < -0.39 is 16.6 Å². The van der Waals surface area contributed by atoms with E-state index in [0.29, 0.717) is 24.5 Å². The van der Waals surface area contributed by atoms with Gasteiger partial charge < -0.3 is 8.85 Å². The van der Waals surface area contributed by atoms with E-state index in [1.54, 1.807) is 0 Å². The first kappa shape index (κ1) is 22.8. The Bertz CT molecular complexity index is 459. The minimum Gasteiger partial charge on any atom is -0.414 e. The number of carbonyl (C=O) groups is 1. The molecule has 0 aromatic heterocycles. The van der Waals surface area contributed by atoms with Gasteiger partial charge >= 0.3 is 0 Å². The molecule has 0 aliphatic heterocycles. The summed E-state index contributed by atoms with van der Waals surface area (Å²) >= 11 is 0. The molecule has 25 heavy (non-hydrogen) atoms. The van der Waals surface area contributed by atoms with E-state index >= 15 is 0 Å². The van der Waals surface area contributed by atoms with Gasteiger partial charge in [-0.05, 0) is 84.7 Å². The molecule has 0 radical (unpaired) electrons. The third kappa shape index (κ3) is 10.5. The fraction of sp³-hybridized carbons (Fsp3) is 0.850. The predicted molar refractivity (Wildman–Crippen MR) is 112 cm³/mol. The van der Waals surface area contributed by atoms with Gasteiger partial charge in [0.05, 0.1) is 5.60 Å². The first-order valence-electron chi connectivity index (χ1n) is 9.82. The van der Waals surface area contributed by atoms with Crippen molar-refractivity contribution in [2.75, 3.05) is 0 Å². The molecule has 0 N–H and O–H groups in total. The van der Waals surface area contributed by atoms with Crippen molar-refractivity contribution in [3.63, 3.8) is 0 Å². The van der Waals surface area contributed by atoms with Crippen molar-refractivity contribution in [3.8, 4) is 0 Å². The highest BCUT2D eigenvalue weighted by Crippen LogP contribution is 2.30. The second-order valence-electron chi connectivity index (χ2n) is 10.0. The summed E-state index contributed by atoms with van der Waals surface area (Å²) in [5, 5.41) is 0. The highest BCUT2D eigenvalue weighted by atomic mass is 28.4. The topological polar surface area (TPSA) is 35.5 Å². The Balaban J connectivity index is 2.47. The molecule has 1 unspecified atom stereocenters. The second-order valence-corrected chi connectivity index (χ2v) is 18.9. The van der Waals surface area contributed by atoms with Gasteiger partial charge in [-0.25, -0.2) is 0 Å². The van der Waals surface area contributed by atoms with Crippen molar-refractivity contribution >= 4 is 22.4 Å². The summed E-state index contributed by atoms with van der Waals surface area (Å²) in [6.45, 7) is 17.8. The molecule has 1 fully saturated rings. The van der Waals surface area contributed by atoms with Crippen molar-refractivity contribution in [3.05, 3.63) is 12.2 Å². The van der Waals surface area contributed by atoms with E-state index in [0.717, 1.165) is 25.7 Å². The maximum Gasteiger partial charge on any atom is 0.184 e. The number of hydrogen-bond acceptors (Lipinski definition) is 3. The van der Waals surface area contributed by atoms with Gasteiger partial charge in [-0.3, -0.25) is 4.79 Å². The molecular weight excluding hydrogens is 344 g/mol. The van der Waals surface area contributed by atoms with Crippen molar-refractivity contribution in [1.82, 2.24) is 0 Å². The molecule has 0 aromatic rings. The lowest BCUT2D eigenvalue weighted by Gasteiger charge is -2.35. The summed E-state index contributed by atoms with van der Waals surface area (Å²) in [7, 11) is -3.06. The SMILES string of the molecule is CC(C)(CCC=CC[C@@H]1CC(=O)CCC1O[Si](C)(C)C)O[Si](C)(C)C. The van der Waals surface area contributed by atoms with Gasteiger partial charge in [-0.1, -0.05) is 12.2 Å². The molecule has 1 aliphatic carbocycles. The van der Waals surface area contributed by atoms with Crippen LogP contribution in [0, 0.1) is 5.92 Å². The zero-order valence-electron chi connectivity index (χ0n) is 17.8. The quantitative estimate of drug-likeness (QED) is 0.365. The molecule has 0 spiro atoms. The summed E-state index contributed by atoms with van der Waals surface area (Å²) in [5.74, 6) is 0.758. The monoisotopic (exact) mass is 384 g/mol. The van der Waals surface area contributed by atoms with Crippen LogP contribution in [0.3, 0.4) is 0 Å². The van der Waals surface area contributed by atoms with Gasteiger partial charge in [-0.2, -0.15) is 0 Å². The van der Waals surface area contributed by atoms with Crippen LogP contribution in [0.5, 0.6) is 0 Å². The molecule has 1 saturated carbocycles. The van der Waals surface area contributed by atoms with E-state index in [1.807, 2.05) is 0 Å². The average molecular weight is 385 g/mol. The fourth-order valence-corrected chi connectivity index (χ4v) is 6.59. The van der Waals surface area contributed by atoms with Crippen LogP contribution in [0.2, 0.25) is 39.3 Å². The van der Waals surface area contributed by atoms with Gasteiger partial charge in [0.25, 0.3) is 0 Å². The minimum absolute atomic E-state index is 0.0565. The van der Waals surface area contributed by atoms with Gasteiger partial charge in [-0.15, -0.1) is 0 Å². The molecular formula is C20H40O3Si2. The smallest absolute Gasteiger partial charge is 0.184 e. The van der Waals surface area contributed by atoms with Gasteiger partial charge in [0.15, 0.2) is 16.6 Å². The summed E-state index contributed by atoms with van der Waals surface area (Å²) in [5.41, 5.74) is -0.0565. The maximum absolute atomic E-state index is 11.9. The van der Waals surface area contributed by atoms with Gasteiger partial charge in [0.1, 0.15) is 5.78 Å². The van der Waals surface area contributed by atoms with E-state index in [2.05, 4.69) is 65.3 Å². The van der Waals surface area contributed by atoms with Crippen LogP contribution in [-0.4, -0.2) is 34.1 Å². The number of Topliss-reactive ketones (excluding diaryl/α,β-unsaturated/α-hetero) is 1. The first-order chi connectivity index (χ1) is 11.3. The molecule has 3 nitrogen and oxygen atoms in total. The summed E-state index contributed by atoms with van der Waals surface area (Å²) in [6, 6.07) is 0. The molecule has 5 heteroatoms. The number of rotatable bonds is 9. The van der Waals surface area contributed by atoms with E-state index in [4.69, 9.17) is 8.85 Å². The number of hydrogen-bond donors (Lipinski definition) is 0. The van der Waals surface area contributed by atoms with Gasteiger partial charge in [0.2, 0.25) is 0 Å². The molecule has 2 atom stereocenters. The van der Waals surface area contributed by atoms with Crippen LogP contribution >= 0.6 is 0 Å². The van der Waals surface area contributed by atoms with E-state index in [-0.39, 0.29) is 11.7 Å². The number of carbonyl (C=O) groups excluding carboxylic acids is 1. The standard InChI is InChI=1S/C20H40O3Si2/c1-20(2,23-25(6,7)8)15-11-9-10-12-17-16-18(21)13-14-19(17)22-24(3,4)5/h9-10,17,19H,11-16H2,1-8H3/t17-,19?/m1/s1. The molecule has 0 heterocycles. The fourth-order valence-electron chi connectivity index (χ4n) is 3.61.